The number of aryl methyl sites for hydroxylation is 1. The number of hydrogen-bond donors (Lipinski definition) is 1. The van der Waals surface area contributed by atoms with Gasteiger partial charge in [-0.3, -0.25) is 4.79 Å². The van der Waals surface area contributed by atoms with Gasteiger partial charge in [0.25, 0.3) is 5.91 Å². The van der Waals surface area contributed by atoms with Gasteiger partial charge in [0.05, 0.1) is 12.1 Å². The molecule has 1 aromatic rings. The molecule has 0 saturated carbocycles. The number of carbonyl (C=O) groups is 1. The first-order chi connectivity index (χ1) is 10.4. The highest BCUT2D eigenvalue weighted by Crippen LogP contribution is 2.22. The second-order valence-electron chi connectivity index (χ2n) is 6.48. The van der Waals surface area contributed by atoms with Crippen molar-refractivity contribution >= 4 is 5.91 Å². The fraction of sp³-hybridized carbons (Fsp3) is 0.588. The Morgan fingerprint density at radius 3 is 2.68 bits per heavy atom. The van der Waals surface area contributed by atoms with Gasteiger partial charge in [0.1, 0.15) is 5.75 Å². The molecule has 0 spiro atoms. The molecule has 1 fully saturated rings. The molecule has 2 rings (SSSR count). The third-order valence-corrected chi connectivity index (χ3v) is 3.90. The summed E-state index contributed by atoms with van der Waals surface area (Å²) in [4.78, 5) is 16.0. The molecule has 122 valence electrons. The summed E-state index contributed by atoms with van der Waals surface area (Å²) in [5.74, 6) is 0.622. The fourth-order valence-electron chi connectivity index (χ4n) is 2.91. The van der Waals surface area contributed by atoms with Gasteiger partial charge in [-0.1, -0.05) is 17.7 Å². The molecule has 1 aliphatic rings. The molecule has 1 amide bonds. The molecule has 0 aliphatic carbocycles. The molecule has 0 aromatic heterocycles. The molecule has 5 heteroatoms. The van der Waals surface area contributed by atoms with Crippen LogP contribution >= 0.6 is 0 Å². The summed E-state index contributed by atoms with van der Waals surface area (Å²) in [5.41, 5.74) is 0.338. The van der Waals surface area contributed by atoms with E-state index in [9.17, 15) is 9.90 Å². The van der Waals surface area contributed by atoms with E-state index in [0.717, 1.165) is 18.4 Å². The van der Waals surface area contributed by atoms with Gasteiger partial charge in [-0.2, -0.15) is 0 Å². The Kier molecular flexibility index (Phi) is 5.42. The minimum Gasteiger partial charge on any atom is -0.484 e. The number of ether oxygens (including phenoxy) is 1. The van der Waals surface area contributed by atoms with Crippen LogP contribution in [0.4, 0.5) is 0 Å². The number of likely N-dealkylation sites (tertiary alicyclic amines) is 1. The summed E-state index contributed by atoms with van der Waals surface area (Å²) in [7, 11) is 3.86. The predicted octanol–water partition coefficient (Wildman–Crippen LogP) is 1.29. The number of likely N-dealkylation sites (N-methyl/N-ethyl adjacent to an activating group) is 1. The van der Waals surface area contributed by atoms with Gasteiger partial charge in [0, 0.05) is 13.1 Å². The first kappa shape index (κ1) is 16.8. The predicted molar refractivity (Wildman–Crippen MR) is 86.0 cm³/mol. The van der Waals surface area contributed by atoms with Crippen LogP contribution in [0.3, 0.4) is 0 Å². The molecule has 1 unspecified atom stereocenters. The van der Waals surface area contributed by atoms with Crippen molar-refractivity contribution in [3.63, 3.8) is 0 Å². The standard InChI is InChI=1S/C17H26N2O3/c1-14-5-7-15(8-6-14)22-11-16(20)19-10-4-9-17(21,13-19)12-18(2)3/h5-8,21H,4,9-13H2,1-3H3. The van der Waals surface area contributed by atoms with Crippen molar-refractivity contribution in [3.8, 4) is 5.75 Å². The number of amides is 1. The Morgan fingerprint density at radius 1 is 1.36 bits per heavy atom. The molecule has 22 heavy (non-hydrogen) atoms. The van der Waals surface area contributed by atoms with Crippen LogP contribution in [-0.4, -0.2) is 66.8 Å². The topological polar surface area (TPSA) is 53.0 Å². The highest BCUT2D eigenvalue weighted by molar-refractivity contribution is 5.78. The molecule has 1 aromatic carbocycles. The lowest BCUT2D eigenvalue weighted by Gasteiger charge is -2.40. The average molecular weight is 306 g/mol. The van der Waals surface area contributed by atoms with E-state index in [2.05, 4.69) is 0 Å². The first-order valence-corrected chi connectivity index (χ1v) is 7.72. The fourth-order valence-corrected chi connectivity index (χ4v) is 2.91. The molecule has 1 saturated heterocycles. The van der Waals surface area contributed by atoms with Crippen LogP contribution in [-0.2, 0) is 4.79 Å². The number of aliphatic hydroxyl groups is 1. The monoisotopic (exact) mass is 306 g/mol. The van der Waals surface area contributed by atoms with E-state index in [4.69, 9.17) is 4.74 Å². The molecular formula is C17H26N2O3. The van der Waals surface area contributed by atoms with E-state index in [1.54, 1.807) is 4.90 Å². The second kappa shape index (κ2) is 7.11. The van der Waals surface area contributed by atoms with Crippen molar-refractivity contribution in [2.75, 3.05) is 40.3 Å². The van der Waals surface area contributed by atoms with Gasteiger partial charge >= 0.3 is 0 Å². The number of benzene rings is 1. The lowest BCUT2D eigenvalue weighted by atomic mass is 9.92. The first-order valence-electron chi connectivity index (χ1n) is 7.72. The van der Waals surface area contributed by atoms with E-state index in [1.807, 2.05) is 50.2 Å². The summed E-state index contributed by atoms with van der Waals surface area (Å²) in [5, 5.41) is 10.6. The maximum absolute atomic E-state index is 12.3. The summed E-state index contributed by atoms with van der Waals surface area (Å²) >= 11 is 0. The maximum atomic E-state index is 12.3. The average Bonchev–Trinajstić information content (AvgIpc) is 2.45. The zero-order valence-electron chi connectivity index (χ0n) is 13.7. The lowest BCUT2D eigenvalue weighted by Crippen LogP contribution is -2.55. The van der Waals surface area contributed by atoms with Crippen molar-refractivity contribution in [2.45, 2.75) is 25.4 Å². The van der Waals surface area contributed by atoms with Crippen LogP contribution in [0.25, 0.3) is 0 Å². The molecule has 1 N–H and O–H groups in total. The van der Waals surface area contributed by atoms with Gasteiger partial charge in [-0.25, -0.2) is 0 Å². The molecule has 1 aliphatic heterocycles. The highest BCUT2D eigenvalue weighted by Gasteiger charge is 2.35. The van der Waals surface area contributed by atoms with Crippen LogP contribution < -0.4 is 4.74 Å². The van der Waals surface area contributed by atoms with Gasteiger partial charge < -0.3 is 19.6 Å². The van der Waals surface area contributed by atoms with Gasteiger partial charge in [-0.15, -0.1) is 0 Å². The zero-order chi connectivity index (χ0) is 16.2. The Bertz CT molecular complexity index is 501. The van der Waals surface area contributed by atoms with Crippen LogP contribution in [0.2, 0.25) is 0 Å². The molecule has 1 heterocycles. The lowest BCUT2D eigenvalue weighted by molar-refractivity contribution is -0.141. The Labute approximate surface area is 132 Å². The van der Waals surface area contributed by atoms with Crippen molar-refractivity contribution in [1.82, 2.24) is 9.80 Å². The largest absolute Gasteiger partial charge is 0.484 e. The Hall–Kier alpha value is -1.59. The van der Waals surface area contributed by atoms with Crippen LogP contribution in [0.5, 0.6) is 5.75 Å². The number of carbonyl (C=O) groups excluding carboxylic acids is 1. The number of nitrogens with zero attached hydrogens (tertiary/aromatic N) is 2. The van der Waals surface area contributed by atoms with Crippen LogP contribution in [0.1, 0.15) is 18.4 Å². The maximum Gasteiger partial charge on any atom is 0.260 e. The van der Waals surface area contributed by atoms with Crippen molar-refractivity contribution in [2.24, 2.45) is 0 Å². The number of piperidine rings is 1. The quantitative estimate of drug-likeness (QED) is 0.890. The highest BCUT2D eigenvalue weighted by atomic mass is 16.5. The third kappa shape index (κ3) is 4.71. The summed E-state index contributed by atoms with van der Waals surface area (Å²) < 4.78 is 5.54. The Morgan fingerprint density at radius 2 is 2.05 bits per heavy atom. The van der Waals surface area contributed by atoms with E-state index in [1.165, 1.54) is 0 Å². The minimum atomic E-state index is -0.818. The molecule has 1 atom stereocenters. The van der Waals surface area contributed by atoms with E-state index in [-0.39, 0.29) is 12.5 Å². The van der Waals surface area contributed by atoms with E-state index >= 15 is 0 Å². The molecular weight excluding hydrogens is 280 g/mol. The summed E-state index contributed by atoms with van der Waals surface area (Å²) in [6, 6.07) is 7.63. The SMILES string of the molecule is Cc1ccc(OCC(=O)N2CCCC(O)(CN(C)C)C2)cc1. The van der Waals surface area contributed by atoms with Crippen LogP contribution in [0, 0.1) is 6.92 Å². The molecule has 0 bridgehead atoms. The van der Waals surface area contributed by atoms with E-state index < -0.39 is 5.60 Å². The summed E-state index contributed by atoms with van der Waals surface area (Å²) in [6.45, 7) is 3.65. The van der Waals surface area contributed by atoms with E-state index in [0.29, 0.717) is 25.4 Å². The van der Waals surface area contributed by atoms with Gasteiger partial charge in [0.2, 0.25) is 0 Å². The second-order valence-corrected chi connectivity index (χ2v) is 6.48. The molecule has 5 nitrogen and oxygen atoms in total. The number of hydrogen-bond acceptors (Lipinski definition) is 4. The van der Waals surface area contributed by atoms with Crippen molar-refractivity contribution in [1.29, 1.82) is 0 Å². The van der Waals surface area contributed by atoms with Crippen molar-refractivity contribution < 1.29 is 14.6 Å². The van der Waals surface area contributed by atoms with Crippen molar-refractivity contribution in [3.05, 3.63) is 29.8 Å². The summed E-state index contributed by atoms with van der Waals surface area (Å²) in [6.07, 6.45) is 1.55. The molecule has 0 radical (unpaired) electrons. The third-order valence-electron chi connectivity index (χ3n) is 3.90. The van der Waals surface area contributed by atoms with Crippen LogP contribution in [0.15, 0.2) is 24.3 Å². The zero-order valence-corrected chi connectivity index (χ0v) is 13.7. The minimum absolute atomic E-state index is 0.0150. The number of rotatable bonds is 5. The Balaban J connectivity index is 1.87. The number of β-amino-alcohol motifs (C(OH)–C–C–N with tert-alkyl or cyclic N) is 1. The smallest absolute Gasteiger partial charge is 0.260 e. The van der Waals surface area contributed by atoms with Gasteiger partial charge in [0.15, 0.2) is 6.61 Å². The normalized spacial score (nSPS) is 22.0. The van der Waals surface area contributed by atoms with Gasteiger partial charge in [-0.05, 0) is 46.0 Å².